The first-order valence-electron chi connectivity index (χ1n) is 7.66. The number of aromatic nitrogens is 1. The summed E-state index contributed by atoms with van der Waals surface area (Å²) in [5, 5.41) is 5.92. The van der Waals surface area contributed by atoms with Crippen molar-refractivity contribution in [3.8, 4) is 22.8 Å². The number of ether oxygens (including phenoxy) is 2. The molecule has 3 aromatic rings. The molecule has 5 nitrogen and oxygen atoms in total. The lowest BCUT2D eigenvalue weighted by Gasteiger charge is -2.11. The van der Waals surface area contributed by atoms with Crippen LogP contribution in [-0.4, -0.2) is 25.1 Å². The lowest BCUT2D eigenvalue weighted by atomic mass is 10.1. The summed E-state index contributed by atoms with van der Waals surface area (Å²) in [5.41, 5.74) is 3.11. The molecule has 0 fully saturated rings. The Morgan fingerprint density at radius 3 is 2.44 bits per heavy atom. The lowest BCUT2D eigenvalue weighted by Crippen LogP contribution is -2.13. The van der Waals surface area contributed by atoms with Crippen LogP contribution in [0.3, 0.4) is 0 Å². The van der Waals surface area contributed by atoms with Crippen molar-refractivity contribution in [3.63, 3.8) is 0 Å². The number of rotatable bonds is 5. The molecule has 1 N–H and O–H groups in total. The third-order valence-electron chi connectivity index (χ3n) is 3.71. The van der Waals surface area contributed by atoms with E-state index in [2.05, 4.69) is 10.3 Å². The highest BCUT2D eigenvalue weighted by Gasteiger charge is 2.13. The molecular formula is C19H18N2O3S. The number of hydrogen-bond acceptors (Lipinski definition) is 5. The highest BCUT2D eigenvalue weighted by atomic mass is 32.1. The van der Waals surface area contributed by atoms with Crippen molar-refractivity contribution in [2.24, 2.45) is 0 Å². The smallest absolute Gasteiger partial charge is 0.259 e. The number of thiazole rings is 1. The number of aryl methyl sites for hydroxylation is 1. The number of anilines is 1. The summed E-state index contributed by atoms with van der Waals surface area (Å²) < 4.78 is 10.4. The van der Waals surface area contributed by atoms with Crippen LogP contribution in [-0.2, 0) is 0 Å². The predicted molar refractivity (Wildman–Crippen MR) is 99.8 cm³/mol. The Labute approximate surface area is 150 Å². The van der Waals surface area contributed by atoms with E-state index in [0.717, 1.165) is 16.3 Å². The van der Waals surface area contributed by atoms with Crippen LogP contribution < -0.4 is 14.8 Å². The van der Waals surface area contributed by atoms with Gasteiger partial charge in [0.15, 0.2) is 0 Å². The van der Waals surface area contributed by atoms with E-state index in [4.69, 9.17) is 9.47 Å². The molecule has 1 heterocycles. The van der Waals surface area contributed by atoms with E-state index >= 15 is 0 Å². The van der Waals surface area contributed by atoms with E-state index in [1.807, 2.05) is 36.6 Å². The molecule has 6 heteroatoms. The molecular weight excluding hydrogens is 336 g/mol. The minimum absolute atomic E-state index is 0.239. The maximum atomic E-state index is 12.5. The van der Waals surface area contributed by atoms with Gasteiger partial charge < -0.3 is 14.8 Å². The molecule has 0 radical (unpaired) electrons. The summed E-state index contributed by atoms with van der Waals surface area (Å²) in [7, 11) is 3.09. The van der Waals surface area contributed by atoms with Gasteiger partial charge in [-0.25, -0.2) is 4.98 Å². The molecule has 0 aliphatic carbocycles. The topological polar surface area (TPSA) is 60.5 Å². The zero-order valence-corrected chi connectivity index (χ0v) is 15.0. The first-order valence-corrected chi connectivity index (χ1v) is 8.54. The number of methoxy groups -OCH3 is 2. The molecule has 128 valence electrons. The second-order valence-corrected chi connectivity index (χ2v) is 6.41. The van der Waals surface area contributed by atoms with Crippen LogP contribution in [0, 0.1) is 6.92 Å². The average Bonchev–Trinajstić information content (AvgIpc) is 3.08. The van der Waals surface area contributed by atoms with Gasteiger partial charge in [-0.15, -0.1) is 11.3 Å². The number of nitrogens with one attached hydrogen (secondary N) is 1. The summed E-state index contributed by atoms with van der Waals surface area (Å²) in [6, 6.07) is 12.7. The number of nitrogens with zero attached hydrogens (tertiary/aromatic N) is 1. The average molecular weight is 354 g/mol. The summed E-state index contributed by atoms with van der Waals surface area (Å²) in [4.78, 5) is 17.0. The highest BCUT2D eigenvalue weighted by molar-refractivity contribution is 7.09. The fourth-order valence-electron chi connectivity index (χ4n) is 2.40. The SMILES string of the molecule is COc1ccc(C(=O)Nc2ccc(-c3csc(C)n3)cc2)c(OC)c1. The number of carbonyl (C=O) groups excluding carboxylic acids is 1. The van der Waals surface area contributed by atoms with Gasteiger partial charge in [-0.1, -0.05) is 12.1 Å². The van der Waals surface area contributed by atoms with Gasteiger partial charge in [0, 0.05) is 22.7 Å². The van der Waals surface area contributed by atoms with Crippen molar-refractivity contribution in [3.05, 3.63) is 58.4 Å². The zero-order chi connectivity index (χ0) is 17.8. The Kier molecular flexibility index (Phi) is 5.00. The van der Waals surface area contributed by atoms with Crippen molar-refractivity contribution in [1.82, 2.24) is 4.98 Å². The predicted octanol–water partition coefficient (Wildman–Crippen LogP) is 4.39. The first kappa shape index (κ1) is 17.0. The maximum absolute atomic E-state index is 12.5. The number of carbonyl (C=O) groups is 1. The zero-order valence-electron chi connectivity index (χ0n) is 14.2. The van der Waals surface area contributed by atoms with E-state index in [9.17, 15) is 4.79 Å². The van der Waals surface area contributed by atoms with Crippen LogP contribution in [0.1, 0.15) is 15.4 Å². The van der Waals surface area contributed by atoms with Gasteiger partial charge >= 0.3 is 0 Å². The monoisotopic (exact) mass is 354 g/mol. The molecule has 0 saturated heterocycles. The summed E-state index contributed by atoms with van der Waals surface area (Å²) in [6.07, 6.45) is 0. The fraction of sp³-hybridized carbons (Fsp3) is 0.158. The van der Waals surface area contributed by atoms with Gasteiger partial charge in [-0.2, -0.15) is 0 Å². The molecule has 0 saturated carbocycles. The largest absolute Gasteiger partial charge is 0.497 e. The highest BCUT2D eigenvalue weighted by Crippen LogP contribution is 2.26. The van der Waals surface area contributed by atoms with Gasteiger partial charge in [0.05, 0.1) is 30.5 Å². The Morgan fingerprint density at radius 2 is 1.84 bits per heavy atom. The summed E-state index contributed by atoms with van der Waals surface area (Å²) in [5.74, 6) is 0.861. The van der Waals surface area contributed by atoms with Gasteiger partial charge in [0.25, 0.3) is 5.91 Å². The van der Waals surface area contributed by atoms with Crippen molar-refractivity contribution >= 4 is 22.9 Å². The third-order valence-corrected chi connectivity index (χ3v) is 4.48. The molecule has 25 heavy (non-hydrogen) atoms. The summed E-state index contributed by atoms with van der Waals surface area (Å²) in [6.45, 7) is 1.98. The van der Waals surface area contributed by atoms with Crippen LogP contribution in [0.2, 0.25) is 0 Å². The molecule has 0 atom stereocenters. The van der Waals surface area contributed by atoms with Crippen molar-refractivity contribution in [1.29, 1.82) is 0 Å². The molecule has 1 amide bonds. The molecule has 0 aliphatic heterocycles. The number of hydrogen-bond donors (Lipinski definition) is 1. The summed E-state index contributed by atoms with van der Waals surface area (Å²) >= 11 is 1.61. The second-order valence-electron chi connectivity index (χ2n) is 5.35. The van der Waals surface area contributed by atoms with E-state index in [0.29, 0.717) is 22.7 Å². The van der Waals surface area contributed by atoms with E-state index in [1.54, 1.807) is 36.6 Å². The molecule has 0 bridgehead atoms. The van der Waals surface area contributed by atoms with Crippen molar-refractivity contribution < 1.29 is 14.3 Å². The quantitative estimate of drug-likeness (QED) is 0.738. The van der Waals surface area contributed by atoms with Gasteiger partial charge in [0.2, 0.25) is 0 Å². The van der Waals surface area contributed by atoms with Crippen LogP contribution in [0.15, 0.2) is 47.8 Å². The molecule has 3 rings (SSSR count). The van der Waals surface area contributed by atoms with Crippen LogP contribution in [0.4, 0.5) is 5.69 Å². The number of amides is 1. The van der Waals surface area contributed by atoms with Crippen LogP contribution in [0.25, 0.3) is 11.3 Å². The Hall–Kier alpha value is -2.86. The molecule has 0 unspecified atom stereocenters. The minimum Gasteiger partial charge on any atom is -0.497 e. The van der Waals surface area contributed by atoms with E-state index in [-0.39, 0.29) is 5.91 Å². The van der Waals surface area contributed by atoms with Crippen molar-refractivity contribution in [2.75, 3.05) is 19.5 Å². The van der Waals surface area contributed by atoms with E-state index in [1.165, 1.54) is 7.11 Å². The molecule has 2 aromatic carbocycles. The maximum Gasteiger partial charge on any atom is 0.259 e. The Morgan fingerprint density at radius 1 is 1.08 bits per heavy atom. The van der Waals surface area contributed by atoms with Gasteiger partial charge in [-0.3, -0.25) is 4.79 Å². The molecule has 0 spiro atoms. The van der Waals surface area contributed by atoms with Gasteiger partial charge in [0.1, 0.15) is 11.5 Å². The number of benzene rings is 2. The Balaban J connectivity index is 1.77. The Bertz CT molecular complexity index is 888. The van der Waals surface area contributed by atoms with E-state index < -0.39 is 0 Å². The van der Waals surface area contributed by atoms with Crippen LogP contribution in [0.5, 0.6) is 11.5 Å². The molecule has 0 aliphatic rings. The minimum atomic E-state index is -0.239. The van der Waals surface area contributed by atoms with Gasteiger partial charge in [-0.05, 0) is 31.2 Å². The van der Waals surface area contributed by atoms with Crippen LogP contribution >= 0.6 is 11.3 Å². The molecule has 1 aromatic heterocycles. The normalized spacial score (nSPS) is 10.4. The fourth-order valence-corrected chi connectivity index (χ4v) is 3.03. The van der Waals surface area contributed by atoms with Crippen molar-refractivity contribution in [2.45, 2.75) is 6.92 Å². The second kappa shape index (κ2) is 7.36. The first-order chi connectivity index (χ1) is 12.1. The lowest BCUT2D eigenvalue weighted by molar-refractivity contribution is 0.102. The third kappa shape index (κ3) is 3.80. The standard InChI is InChI=1S/C19H18N2O3S/c1-12-20-17(11-25-12)13-4-6-14(7-5-13)21-19(22)16-9-8-15(23-2)10-18(16)24-3/h4-11H,1-3H3,(H,21,22).